The van der Waals surface area contributed by atoms with E-state index in [0.29, 0.717) is 0 Å². The Balaban J connectivity index is 2.45. The van der Waals surface area contributed by atoms with E-state index in [4.69, 9.17) is 5.11 Å². The molecule has 0 aliphatic rings. The molecular weight excluding hydrogens is 246 g/mol. The number of fused-ring (bicyclic) bond motifs is 1. The molecule has 72 valence electrons. The number of rotatable bonds is 2. The monoisotopic (exact) mass is 253 g/mol. The third-order valence-corrected chi connectivity index (χ3v) is 2.44. The fraction of sp³-hybridized carbons (Fsp3) is 0.100. The van der Waals surface area contributed by atoms with E-state index < -0.39 is 5.97 Å². The van der Waals surface area contributed by atoms with Gasteiger partial charge in [0.25, 0.3) is 0 Å². The van der Waals surface area contributed by atoms with Crippen molar-refractivity contribution in [3.05, 3.63) is 34.4 Å². The van der Waals surface area contributed by atoms with Gasteiger partial charge < -0.3 is 10.1 Å². The molecular formula is C10H8BrNO2. The lowest BCUT2D eigenvalue weighted by molar-refractivity contribution is -0.136. The van der Waals surface area contributed by atoms with Crippen LogP contribution in [0.4, 0.5) is 0 Å². The molecule has 2 N–H and O–H groups in total. The predicted molar refractivity (Wildman–Crippen MR) is 57.3 cm³/mol. The van der Waals surface area contributed by atoms with Crippen molar-refractivity contribution in [2.24, 2.45) is 0 Å². The summed E-state index contributed by atoms with van der Waals surface area (Å²) < 4.78 is 0.903. The van der Waals surface area contributed by atoms with Gasteiger partial charge in [0.2, 0.25) is 0 Å². The lowest BCUT2D eigenvalue weighted by Gasteiger charge is -1.96. The summed E-state index contributed by atoms with van der Waals surface area (Å²) >= 11 is 3.33. The highest BCUT2D eigenvalue weighted by molar-refractivity contribution is 9.10. The van der Waals surface area contributed by atoms with Gasteiger partial charge in [0, 0.05) is 10.9 Å². The van der Waals surface area contributed by atoms with Gasteiger partial charge in [0.15, 0.2) is 0 Å². The number of carboxylic acid groups (broad SMARTS) is 1. The molecule has 0 radical (unpaired) electrons. The Hall–Kier alpha value is -1.29. The molecule has 0 amide bonds. The smallest absolute Gasteiger partial charge is 0.307 e. The van der Waals surface area contributed by atoms with Gasteiger partial charge in [-0.25, -0.2) is 0 Å². The van der Waals surface area contributed by atoms with Crippen molar-refractivity contribution in [3.8, 4) is 0 Å². The van der Waals surface area contributed by atoms with Crippen LogP contribution in [0.3, 0.4) is 0 Å². The predicted octanol–water partition coefficient (Wildman–Crippen LogP) is 2.56. The second-order valence-corrected chi connectivity index (χ2v) is 3.96. The maximum atomic E-state index is 10.5. The van der Waals surface area contributed by atoms with Crippen molar-refractivity contribution in [3.63, 3.8) is 0 Å². The minimum absolute atomic E-state index is 0.0621. The van der Waals surface area contributed by atoms with Gasteiger partial charge in [0.05, 0.1) is 11.0 Å². The Morgan fingerprint density at radius 2 is 2.21 bits per heavy atom. The molecule has 0 spiro atoms. The second kappa shape index (κ2) is 3.46. The Morgan fingerprint density at radius 1 is 1.43 bits per heavy atom. The lowest BCUT2D eigenvalue weighted by Crippen LogP contribution is -1.99. The van der Waals surface area contributed by atoms with Crippen molar-refractivity contribution in [1.82, 2.24) is 4.98 Å². The zero-order chi connectivity index (χ0) is 10.1. The van der Waals surface area contributed by atoms with E-state index in [1.54, 1.807) is 0 Å². The SMILES string of the molecule is O=C(O)Cc1ccc2cc(Br)[nH]c2c1. The van der Waals surface area contributed by atoms with Crippen molar-refractivity contribution in [1.29, 1.82) is 0 Å². The summed E-state index contributed by atoms with van der Waals surface area (Å²) in [6.07, 6.45) is 0.0621. The van der Waals surface area contributed by atoms with Gasteiger partial charge in [-0.05, 0) is 33.6 Å². The molecule has 0 aliphatic heterocycles. The molecule has 1 heterocycles. The van der Waals surface area contributed by atoms with E-state index in [1.165, 1.54) is 0 Å². The molecule has 2 rings (SSSR count). The minimum atomic E-state index is -0.810. The van der Waals surface area contributed by atoms with Crippen LogP contribution >= 0.6 is 15.9 Å². The number of aliphatic carboxylic acids is 1. The average molecular weight is 254 g/mol. The van der Waals surface area contributed by atoms with Gasteiger partial charge in [-0.1, -0.05) is 12.1 Å². The highest BCUT2D eigenvalue weighted by Crippen LogP contribution is 2.20. The zero-order valence-corrected chi connectivity index (χ0v) is 8.84. The van der Waals surface area contributed by atoms with Crippen LogP contribution in [-0.4, -0.2) is 16.1 Å². The van der Waals surface area contributed by atoms with Gasteiger partial charge in [-0.15, -0.1) is 0 Å². The number of halogens is 1. The Morgan fingerprint density at radius 3 is 2.93 bits per heavy atom. The zero-order valence-electron chi connectivity index (χ0n) is 7.25. The van der Waals surface area contributed by atoms with E-state index in [1.807, 2.05) is 24.3 Å². The van der Waals surface area contributed by atoms with E-state index in [-0.39, 0.29) is 6.42 Å². The first-order chi connectivity index (χ1) is 6.65. The quantitative estimate of drug-likeness (QED) is 0.865. The summed E-state index contributed by atoms with van der Waals surface area (Å²) in [5.74, 6) is -0.810. The first-order valence-corrected chi connectivity index (χ1v) is 4.93. The number of aromatic amines is 1. The molecule has 1 aromatic heterocycles. The number of benzene rings is 1. The maximum absolute atomic E-state index is 10.5. The summed E-state index contributed by atoms with van der Waals surface area (Å²) in [4.78, 5) is 13.6. The van der Waals surface area contributed by atoms with Gasteiger partial charge >= 0.3 is 5.97 Å². The molecule has 0 unspecified atom stereocenters. The largest absolute Gasteiger partial charge is 0.481 e. The number of carboxylic acids is 1. The van der Waals surface area contributed by atoms with E-state index in [0.717, 1.165) is 21.1 Å². The first-order valence-electron chi connectivity index (χ1n) is 4.14. The van der Waals surface area contributed by atoms with Crippen LogP contribution in [0.15, 0.2) is 28.9 Å². The standard InChI is InChI=1S/C10H8BrNO2/c11-9-5-7-2-1-6(4-10(13)14)3-8(7)12-9/h1-3,5,12H,4H2,(H,13,14). The normalized spacial score (nSPS) is 10.6. The van der Waals surface area contributed by atoms with E-state index >= 15 is 0 Å². The molecule has 2 aromatic rings. The van der Waals surface area contributed by atoms with E-state index in [9.17, 15) is 4.79 Å². The van der Waals surface area contributed by atoms with Crippen molar-refractivity contribution in [2.75, 3.05) is 0 Å². The lowest BCUT2D eigenvalue weighted by atomic mass is 10.1. The van der Waals surface area contributed by atoms with Gasteiger partial charge in [0.1, 0.15) is 0 Å². The van der Waals surface area contributed by atoms with Crippen molar-refractivity contribution >= 4 is 32.8 Å². The number of H-pyrrole nitrogens is 1. The van der Waals surface area contributed by atoms with E-state index in [2.05, 4.69) is 20.9 Å². The summed E-state index contributed by atoms with van der Waals surface area (Å²) in [6, 6.07) is 7.56. The summed E-state index contributed by atoms with van der Waals surface area (Å²) in [7, 11) is 0. The van der Waals surface area contributed by atoms with Crippen molar-refractivity contribution in [2.45, 2.75) is 6.42 Å². The average Bonchev–Trinajstić information content (AvgIpc) is 2.42. The topological polar surface area (TPSA) is 53.1 Å². The minimum Gasteiger partial charge on any atom is -0.481 e. The molecule has 14 heavy (non-hydrogen) atoms. The van der Waals surface area contributed by atoms with Gasteiger partial charge in [-0.2, -0.15) is 0 Å². The molecule has 0 saturated heterocycles. The number of nitrogens with one attached hydrogen (secondary N) is 1. The molecule has 0 bridgehead atoms. The summed E-state index contributed by atoms with van der Waals surface area (Å²) in [5, 5.41) is 9.70. The van der Waals surface area contributed by atoms with Gasteiger partial charge in [-0.3, -0.25) is 4.79 Å². The number of aromatic nitrogens is 1. The molecule has 0 atom stereocenters. The molecule has 0 fully saturated rings. The van der Waals surface area contributed by atoms with Crippen LogP contribution in [0.5, 0.6) is 0 Å². The van der Waals surface area contributed by atoms with Crippen LogP contribution in [0.2, 0.25) is 0 Å². The van der Waals surface area contributed by atoms with Crippen LogP contribution in [-0.2, 0) is 11.2 Å². The maximum Gasteiger partial charge on any atom is 0.307 e. The molecule has 0 saturated carbocycles. The summed E-state index contributed by atoms with van der Waals surface area (Å²) in [6.45, 7) is 0. The van der Waals surface area contributed by atoms with Crippen LogP contribution in [0.1, 0.15) is 5.56 Å². The fourth-order valence-corrected chi connectivity index (χ4v) is 1.88. The molecule has 3 nitrogen and oxygen atoms in total. The highest BCUT2D eigenvalue weighted by Gasteiger charge is 2.03. The third-order valence-electron chi connectivity index (χ3n) is 2.01. The highest BCUT2D eigenvalue weighted by atomic mass is 79.9. The fourth-order valence-electron chi connectivity index (χ4n) is 1.42. The van der Waals surface area contributed by atoms with Crippen molar-refractivity contribution < 1.29 is 9.90 Å². The molecule has 1 aromatic carbocycles. The Bertz CT molecular complexity index is 490. The Kier molecular flexibility index (Phi) is 2.29. The summed E-state index contributed by atoms with van der Waals surface area (Å²) in [5.41, 5.74) is 1.76. The molecule has 0 aliphatic carbocycles. The number of hydrogen-bond acceptors (Lipinski definition) is 1. The Labute approximate surface area is 88.9 Å². The first kappa shape index (κ1) is 9.27. The number of carbonyl (C=O) groups is 1. The molecule has 4 heteroatoms. The third kappa shape index (κ3) is 1.80. The second-order valence-electron chi connectivity index (χ2n) is 3.11. The van der Waals surface area contributed by atoms with Crippen LogP contribution in [0, 0.1) is 0 Å². The van der Waals surface area contributed by atoms with Crippen LogP contribution in [0.25, 0.3) is 10.9 Å². The van der Waals surface area contributed by atoms with Crippen LogP contribution < -0.4 is 0 Å². The number of hydrogen-bond donors (Lipinski definition) is 2.